The van der Waals surface area contributed by atoms with Gasteiger partial charge in [0.15, 0.2) is 0 Å². The maximum Gasteiger partial charge on any atom is 0.140 e. The van der Waals surface area contributed by atoms with Gasteiger partial charge in [-0.05, 0) is 25.0 Å². The Labute approximate surface area is 116 Å². The topological polar surface area (TPSA) is 17.8 Å². The Kier molecular flexibility index (Phi) is 3.50. The molecule has 0 unspecified atom stereocenters. The average molecular weight is 305 g/mol. The quantitative estimate of drug-likeness (QED) is 0.778. The molecule has 0 atom stereocenters. The minimum absolute atomic E-state index is 0.634. The van der Waals surface area contributed by atoms with E-state index in [0.29, 0.717) is 6.04 Å². The third-order valence-electron chi connectivity index (χ3n) is 3.72. The van der Waals surface area contributed by atoms with Gasteiger partial charge in [0.25, 0.3) is 0 Å². The fourth-order valence-corrected chi connectivity index (χ4v) is 3.22. The van der Waals surface area contributed by atoms with Crippen molar-refractivity contribution >= 4 is 15.9 Å². The molecule has 1 saturated carbocycles. The van der Waals surface area contributed by atoms with Crippen molar-refractivity contribution in [3.05, 3.63) is 41.1 Å². The van der Waals surface area contributed by atoms with Crippen LogP contribution in [0, 0.1) is 0 Å². The number of hydrogen-bond acceptors (Lipinski definition) is 1. The van der Waals surface area contributed by atoms with Crippen molar-refractivity contribution in [3.8, 4) is 11.4 Å². The lowest BCUT2D eigenvalue weighted by molar-refractivity contribution is 0.355. The second kappa shape index (κ2) is 5.27. The van der Waals surface area contributed by atoms with Crippen molar-refractivity contribution in [3.63, 3.8) is 0 Å². The van der Waals surface area contributed by atoms with Crippen LogP contribution >= 0.6 is 15.9 Å². The van der Waals surface area contributed by atoms with E-state index in [9.17, 15) is 0 Å². The Hall–Kier alpha value is -1.09. The molecule has 2 nitrogen and oxygen atoms in total. The summed E-state index contributed by atoms with van der Waals surface area (Å²) in [6.45, 7) is 0. The zero-order chi connectivity index (χ0) is 12.4. The van der Waals surface area contributed by atoms with E-state index in [4.69, 9.17) is 0 Å². The minimum Gasteiger partial charge on any atom is -0.328 e. The van der Waals surface area contributed by atoms with Crippen molar-refractivity contribution in [1.29, 1.82) is 0 Å². The van der Waals surface area contributed by atoms with E-state index in [1.165, 1.54) is 37.7 Å². The molecule has 0 saturated heterocycles. The highest BCUT2D eigenvalue weighted by molar-refractivity contribution is 9.10. The molecule has 1 fully saturated rings. The van der Waals surface area contributed by atoms with Crippen LogP contribution in [0.5, 0.6) is 0 Å². The molecule has 1 aromatic carbocycles. The molecule has 0 radical (unpaired) electrons. The molecule has 1 aromatic heterocycles. The van der Waals surface area contributed by atoms with Gasteiger partial charge in [-0.1, -0.05) is 47.3 Å². The van der Waals surface area contributed by atoms with Gasteiger partial charge in [0, 0.05) is 28.5 Å². The fourth-order valence-electron chi connectivity index (χ4n) is 2.82. The van der Waals surface area contributed by atoms with Gasteiger partial charge in [-0.15, -0.1) is 0 Å². The number of hydrogen-bond donors (Lipinski definition) is 0. The van der Waals surface area contributed by atoms with Gasteiger partial charge in [0.2, 0.25) is 0 Å². The lowest BCUT2D eigenvalue weighted by Crippen LogP contribution is -2.13. The molecule has 1 aliphatic carbocycles. The normalized spacial score (nSPS) is 16.9. The monoisotopic (exact) mass is 304 g/mol. The van der Waals surface area contributed by atoms with Crippen LogP contribution in [0.15, 0.2) is 41.1 Å². The van der Waals surface area contributed by atoms with Gasteiger partial charge in [-0.25, -0.2) is 4.98 Å². The van der Waals surface area contributed by atoms with Crippen molar-refractivity contribution in [1.82, 2.24) is 9.55 Å². The van der Waals surface area contributed by atoms with E-state index in [2.05, 4.69) is 55.9 Å². The third-order valence-corrected chi connectivity index (χ3v) is 4.21. The Morgan fingerprint density at radius 2 is 2.00 bits per heavy atom. The Morgan fingerprint density at radius 1 is 1.17 bits per heavy atom. The summed E-state index contributed by atoms with van der Waals surface area (Å²) in [7, 11) is 0. The lowest BCUT2D eigenvalue weighted by atomic mass is 9.95. The van der Waals surface area contributed by atoms with Gasteiger partial charge in [0.05, 0.1) is 0 Å². The molecule has 0 N–H and O–H groups in total. The summed E-state index contributed by atoms with van der Waals surface area (Å²) in [5.41, 5.74) is 1.19. The summed E-state index contributed by atoms with van der Waals surface area (Å²) in [4.78, 5) is 4.54. The maximum absolute atomic E-state index is 4.54. The Bertz CT molecular complexity index is 527. The largest absolute Gasteiger partial charge is 0.328 e. The number of halogens is 1. The predicted molar refractivity (Wildman–Crippen MR) is 77.5 cm³/mol. The van der Waals surface area contributed by atoms with E-state index in [1.807, 2.05) is 6.20 Å². The lowest BCUT2D eigenvalue weighted by Gasteiger charge is -2.24. The SMILES string of the molecule is Brc1cccc(-c2nccn2C2CCCCC2)c1. The third kappa shape index (κ3) is 2.37. The van der Waals surface area contributed by atoms with E-state index in [1.54, 1.807) is 0 Å². The van der Waals surface area contributed by atoms with Gasteiger partial charge in [-0.3, -0.25) is 0 Å². The van der Waals surface area contributed by atoms with Gasteiger partial charge in [0.1, 0.15) is 5.82 Å². The van der Waals surface area contributed by atoms with Crippen LogP contribution in [0.3, 0.4) is 0 Å². The molecule has 0 amide bonds. The van der Waals surface area contributed by atoms with Gasteiger partial charge >= 0.3 is 0 Å². The minimum atomic E-state index is 0.634. The van der Waals surface area contributed by atoms with Crippen LogP contribution in [0.2, 0.25) is 0 Å². The van der Waals surface area contributed by atoms with Gasteiger partial charge < -0.3 is 4.57 Å². The summed E-state index contributed by atoms with van der Waals surface area (Å²) in [5.74, 6) is 1.10. The van der Waals surface area contributed by atoms with Crippen LogP contribution in [0.25, 0.3) is 11.4 Å². The molecular weight excluding hydrogens is 288 g/mol. The van der Waals surface area contributed by atoms with E-state index in [0.717, 1.165) is 10.3 Å². The first-order chi connectivity index (χ1) is 8.84. The molecule has 94 valence electrons. The highest BCUT2D eigenvalue weighted by atomic mass is 79.9. The Morgan fingerprint density at radius 3 is 2.78 bits per heavy atom. The van der Waals surface area contributed by atoms with Crippen molar-refractivity contribution in [2.75, 3.05) is 0 Å². The first-order valence-electron chi connectivity index (χ1n) is 6.63. The van der Waals surface area contributed by atoms with Crippen LogP contribution < -0.4 is 0 Å². The molecule has 0 aliphatic heterocycles. The smallest absolute Gasteiger partial charge is 0.140 e. The summed E-state index contributed by atoms with van der Waals surface area (Å²) in [6, 6.07) is 9.03. The van der Waals surface area contributed by atoms with Crippen LogP contribution in [-0.2, 0) is 0 Å². The van der Waals surface area contributed by atoms with Gasteiger partial charge in [-0.2, -0.15) is 0 Å². The maximum atomic E-state index is 4.54. The first-order valence-corrected chi connectivity index (χ1v) is 7.42. The number of benzene rings is 1. The van der Waals surface area contributed by atoms with Crippen LogP contribution in [0.4, 0.5) is 0 Å². The standard InChI is InChI=1S/C15H17BrN2/c16-13-6-4-5-12(11-13)15-17-9-10-18(15)14-7-2-1-3-8-14/h4-6,9-11,14H,1-3,7-8H2. The van der Waals surface area contributed by atoms with Crippen molar-refractivity contribution in [2.45, 2.75) is 38.1 Å². The molecule has 18 heavy (non-hydrogen) atoms. The first kappa shape index (κ1) is 12.0. The number of aromatic nitrogens is 2. The van der Waals surface area contributed by atoms with Crippen molar-refractivity contribution < 1.29 is 0 Å². The number of nitrogens with zero attached hydrogens (tertiary/aromatic N) is 2. The second-order valence-corrected chi connectivity index (χ2v) is 5.88. The van der Waals surface area contributed by atoms with E-state index >= 15 is 0 Å². The number of rotatable bonds is 2. The predicted octanol–water partition coefficient (Wildman–Crippen LogP) is 4.82. The average Bonchev–Trinajstić information content (AvgIpc) is 2.89. The molecule has 1 aliphatic rings. The highest BCUT2D eigenvalue weighted by Gasteiger charge is 2.18. The number of imidazole rings is 1. The Balaban J connectivity index is 1.95. The summed E-state index contributed by atoms with van der Waals surface area (Å²) in [5, 5.41) is 0. The molecular formula is C15H17BrN2. The molecule has 3 heteroatoms. The molecule has 3 rings (SSSR count). The van der Waals surface area contributed by atoms with E-state index in [-0.39, 0.29) is 0 Å². The van der Waals surface area contributed by atoms with E-state index < -0.39 is 0 Å². The summed E-state index contributed by atoms with van der Waals surface area (Å²) in [6.07, 6.45) is 10.7. The fraction of sp³-hybridized carbons (Fsp3) is 0.400. The molecule has 1 heterocycles. The van der Waals surface area contributed by atoms with Crippen molar-refractivity contribution in [2.24, 2.45) is 0 Å². The molecule has 2 aromatic rings. The molecule has 0 bridgehead atoms. The van der Waals surface area contributed by atoms with Crippen LogP contribution in [-0.4, -0.2) is 9.55 Å². The zero-order valence-electron chi connectivity index (χ0n) is 10.3. The second-order valence-electron chi connectivity index (χ2n) is 4.96. The highest BCUT2D eigenvalue weighted by Crippen LogP contribution is 2.32. The molecule has 0 spiro atoms. The summed E-state index contributed by atoms with van der Waals surface area (Å²) < 4.78 is 3.47. The van der Waals surface area contributed by atoms with Crippen LogP contribution in [0.1, 0.15) is 38.1 Å². The zero-order valence-corrected chi connectivity index (χ0v) is 11.9. The summed E-state index contributed by atoms with van der Waals surface area (Å²) >= 11 is 3.53.